The standard InChI is InChI=1S/C16H23F3N2/c1-2-3-10-21(14-8-9-20-11-14)12-13-6-4-5-7-15(13)16(17,18)19/h4-7,14,20H,2-3,8-12H2,1H3. The van der Waals surface area contributed by atoms with Crippen LogP contribution in [0.5, 0.6) is 0 Å². The minimum absolute atomic E-state index is 0.345. The molecule has 1 atom stereocenters. The van der Waals surface area contributed by atoms with E-state index in [2.05, 4.69) is 17.1 Å². The van der Waals surface area contributed by atoms with Gasteiger partial charge in [-0.15, -0.1) is 0 Å². The fourth-order valence-electron chi connectivity index (χ4n) is 2.86. The number of halogens is 3. The molecule has 1 aliphatic heterocycles. The molecular weight excluding hydrogens is 277 g/mol. The lowest BCUT2D eigenvalue weighted by Gasteiger charge is -2.29. The molecule has 1 aromatic carbocycles. The van der Waals surface area contributed by atoms with Crippen molar-refractivity contribution in [2.75, 3.05) is 19.6 Å². The van der Waals surface area contributed by atoms with Gasteiger partial charge < -0.3 is 5.32 Å². The zero-order valence-corrected chi connectivity index (χ0v) is 12.4. The molecule has 1 heterocycles. The van der Waals surface area contributed by atoms with Gasteiger partial charge in [-0.3, -0.25) is 4.90 Å². The van der Waals surface area contributed by atoms with E-state index in [-0.39, 0.29) is 0 Å². The molecule has 118 valence electrons. The van der Waals surface area contributed by atoms with Crippen molar-refractivity contribution < 1.29 is 13.2 Å². The fourth-order valence-corrected chi connectivity index (χ4v) is 2.86. The second kappa shape index (κ2) is 7.27. The van der Waals surface area contributed by atoms with Gasteiger partial charge in [-0.1, -0.05) is 31.5 Å². The number of hydrogen-bond acceptors (Lipinski definition) is 2. The van der Waals surface area contributed by atoms with Crippen molar-refractivity contribution in [3.63, 3.8) is 0 Å². The van der Waals surface area contributed by atoms with Gasteiger partial charge in [-0.05, 0) is 37.6 Å². The molecule has 0 bridgehead atoms. The lowest BCUT2D eigenvalue weighted by molar-refractivity contribution is -0.138. The van der Waals surface area contributed by atoms with Crippen LogP contribution in [0.3, 0.4) is 0 Å². The summed E-state index contributed by atoms with van der Waals surface area (Å²) in [7, 11) is 0. The Morgan fingerprint density at radius 1 is 1.29 bits per heavy atom. The maximum atomic E-state index is 13.1. The number of nitrogens with zero attached hydrogens (tertiary/aromatic N) is 1. The zero-order valence-electron chi connectivity index (χ0n) is 12.4. The monoisotopic (exact) mass is 300 g/mol. The SMILES string of the molecule is CCCCN(Cc1ccccc1C(F)(F)F)C1CCNC1. The normalized spacial score (nSPS) is 19.4. The maximum Gasteiger partial charge on any atom is 0.416 e. The summed E-state index contributed by atoms with van der Waals surface area (Å²) in [6.45, 7) is 5.16. The largest absolute Gasteiger partial charge is 0.416 e. The highest BCUT2D eigenvalue weighted by molar-refractivity contribution is 5.29. The molecule has 0 saturated carbocycles. The average molecular weight is 300 g/mol. The number of hydrogen-bond donors (Lipinski definition) is 1. The molecule has 1 aromatic rings. The lowest BCUT2D eigenvalue weighted by atomic mass is 10.0. The second-order valence-corrected chi connectivity index (χ2v) is 5.63. The molecule has 1 saturated heterocycles. The molecule has 0 spiro atoms. The Balaban J connectivity index is 2.15. The highest BCUT2D eigenvalue weighted by atomic mass is 19.4. The van der Waals surface area contributed by atoms with E-state index in [4.69, 9.17) is 0 Å². The Labute approximate surface area is 124 Å². The van der Waals surface area contributed by atoms with Crippen molar-refractivity contribution in [2.24, 2.45) is 0 Å². The highest BCUT2D eigenvalue weighted by Gasteiger charge is 2.34. The van der Waals surface area contributed by atoms with Crippen molar-refractivity contribution >= 4 is 0 Å². The van der Waals surface area contributed by atoms with E-state index >= 15 is 0 Å². The highest BCUT2D eigenvalue weighted by Crippen LogP contribution is 2.32. The van der Waals surface area contributed by atoms with Crippen molar-refractivity contribution in [3.8, 4) is 0 Å². The average Bonchev–Trinajstić information content (AvgIpc) is 2.97. The molecule has 1 unspecified atom stereocenters. The Morgan fingerprint density at radius 2 is 2.05 bits per heavy atom. The van der Waals surface area contributed by atoms with Gasteiger partial charge in [-0.25, -0.2) is 0 Å². The first-order valence-corrected chi connectivity index (χ1v) is 7.62. The third-order valence-electron chi connectivity index (χ3n) is 4.05. The summed E-state index contributed by atoms with van der Waals surface area (Å²) in [5.74, 6) is 0. The van der Waals surface area contributed by atoms with Crippen LogP contribution in [0.1, 0.15) is 37.3 Å². The van der Waals surface area contributed by atoms with Crippen molar-refractivity contribution in [1.82, 2.24) is 10.2 Å². The minimum atomic E-state index is -4.28. The van der Waals surface area contributed by atoms with Crippen molar-refractivity contribution in [1.29, 1.82) is 0 Å². The van der Waals surface area contributed by atoms with Gasteiger partial charge in [0.1, 0.15) is 0 Å². The summed E-state index contributed by atoms with van der Waals surface area (Å²) in [5.41, 5.74) is -0.120. The number of unbranched alkanes of at least 4 members (excludes halogenated alkanes) is 1. The van der Waals surface area contributed by atoms with Crippen LogP contribution in [-0.4, -0.2) is 30.6 Å². The number of alkyl halides is 3. The summed E-state index contributed by atoms with van der Waals surface area (Å²) in [5, 5.41) is 3.30. The number of nitrogens with one attached hydrogen (secondary N) is 1. The van der Waals surface area contributed by atoms with Crippen LogP contribution < -0.4 is 5.32 Å². The molecule has 5 heteroatoms. The zero-order chi connectivity index (χ0) is 15.3. The van der Waals surface area contributed by atoms with E-state index in [0.29, 0.717) is 18.2 Å². The van der Waals surface area contributed by atoms with Gasteiger partial charge in [0.05, 0.1) is 5.56 Å². The topological polar surface area (TPSA) is 15.3 Å². The van der Waals surface area contributed by atoms with Gasteiger partial charge in [-0.2, -0.15) is 13.2 Å². The second-order valence-electron chi connectivity index (χ2n) is 5.63. The number of benzene rings is 1. The summed E-state index contributed by atoms with van der Waals surface area (Å²) >= 11 is 0. The lowest BCUT2D eigenvalue weighted by Crippen LogP contribution is -2.37. The molecule has 0 aromatic heterocycles. The van der Waals surface area contributed by atoms with Crippen LogP contribution >= 0.6 is 0 Å². The van der Waals surface area contributed by atoms with Crippen LogP contribution in [0.25, 0.3) is 0 Å². The molecule has 1 N–H and O–H groups in total. The van der Waals surface area contributed by atoms with E-state index in [1.54, 1.807) is 12.1 Å². The minimum Gasteiger partial charge on any atom is -0.315 e. The van der Waals surface area contributed by atoms with Crippen LogP contribution in [0.15, 0.2) is 24.3 Å². The third kappa shape index (κ3) is 4.45. The van der Waals surface area contributed by atoms with Gasteiger partial charge in [0.2, 0.25) is 0 Å². The van der Waals surface area contributed by atoms with Crippen molar-refractivity contribution in [2.45, 2.75) is 44.9 Å². The molecule has 2 rings (SSSR count). The van der Waals surface area contributed by atoms with Gasteiger partial charge >= 0.3 is 6.18 Å². The predicted molar refractivity (Wildman–Crippen MR) is 78.0 cm³/mol. The van der Waals surface area contributed by atoms with Crippen LogP contribution in [0, 0.1) is 0 Å². The van der Waals surface area contributed by atoms with Gasteiger partial charge in [0.25, 0.3) is 0 Å². The van der Waals surface area contributed by atoms with Crippen LogP contribution in [-0.2, 0) is 12.7 Å². The molecule has 1 aliphatic rings. The van der Waals surface area contributed by atoms with E-state index in [1.165, 1.54) is 12.1 Å². The number of rotatable bonds is 6. The molecule has 21 heavy (non-hydrogen) atoms. The van der Waals surface area contributed by atoms with Crippen LogP contribution in [0.4, 0.5) is 13.2 Å². The third-order valence-corrected chi connectivity index (χ3v) is 4.05. The quantitative estimate of drug-likeness (QED) is 0.862. The van der Waals surface area contributed by atoms with Crippen molar-refractivity contribution in [3.05, 3.63) is 35.4 Å². The maximum absolute atomic E-state index is 13.1. The van der Waals surface area contributed by atoms with Gasteiger partial charge in [0, 0.05) is 19.1 Å². The summed E-state index contributed by atoms with van der Waals surface area (Å²) < 4.78 is 39.3. The van der Waals surface area contributed by atoms with E-state index in [0.717, 1.165) is 38.9 Å². The molecule has 1 fully saturated rings. The van der Waals surface area contributed by atoms with E-state index in [1.807, 2.05) is 0 Å². The first-order chi connectivity index (χ1) is 10.0. The summed E-state index contributed by atoms with van der Waals surface area (Å²) in [6.07, 6.45) is -1.19. The molecule has 0 amide bonds. The molecule has 0 aliphatic carbocycles. The summed E-state index contributed by atoms with van der Waals surface area (Å²) in [4.78, 5) is 2.20. The van der Waals surface area contributed by atoms with Gasteiger partial charge in [0.15, 0.2) is 0 Å². The first-order valence-electron chi connectivity index (χ1n) is 7.62. The predicted octanol–water partition coefficient (Wildman–Crippen LogP) is 3.67. The summed E-state index contributed by atoms with van der Waals surface area (Å²) in [6, 6.07) is 6.28. The van der Waals surface area contributed by atoms with Crippen LogP contribution in [0.2, 0.25) is 0 Å². The molecule has 2 nitrogen and oxygen atoms in total. The van der Waals surface area contributed by atoms with E-state index in [9.17, 15) is 13.2 Å². The Morgan fingerprint density at radius 3 is 2.67 bits per heavy atom. The Hall–Kier alpha value is -1.07. The Bertz CT molecular complexity index is 439. The first kappa shape index (κ1) is 16.3. The smallest absolute Gasteiger partial charge is 0.315 e. The Kier molecular flexibility index (Phi) is 5.65. The van der Waals surface area contributed by atoms with E-state index < -0.39 is 11.7 Å². The fraction of sp³-hybridized carbons (Fsp3) is 0.625. The molecular formula is C16H23F3N2. The molecule has 0 radical (unpaired) electrons.